The van der Waals surface area contributed by atoms with E-state index in [0.717, 1.165) is 74.9 Å². The van der Waals surface area contributed by atoms with Gasteiger partial charge in [-0.25, -0.2) is 4.98 Å². The van der Waals surface area contributed by atoms with Crippen molar-refractivity contribution >= 4 is 27.9 Å². The number of aromatic amines is 1. The van der Waals surface area contributed by atoms with Crippen LogP contribution in [0.2, 0.25) is 0 Å². The average molecular weight is 431 g/mol. The Balaban J connectivity index is 1.54. The van der Waals surface area contributed by atoms with E-state index in [2.05, 4.69) is 70.2 Å². The van der Waals surface area contributed by atoms with E-state index in [1.54, 1.807) is 17.5 Å². The summed E-state index contributed by atoms with van der Waals surface area (Å²) in [5.41, 5.74) is 5.90. The molecule has 158 valence electrons. The van der Waals surface area contributed by atoms with E-state index >= 15 is 0 Å². The van der Waals surface area contributed by atoms with Crippen LogP contribution in [0, 0.1) is 6.92 Å². The molecule has 2 N–H and O–H groups in total. The number of piperidine rings is 1. The Kier molecular flexibility index (Phi) is 5.29. The number of hydrogen-bond acceptors (Lipinski definition) is 6. The summed E-state index contributed by atoms with van der Waals surface area (Å²) in [5.74, 6) is 0. The Morgan fingerprint density at radius 1 is 1.23 bits per heavy atom. The Labute approximate surface area is 186 Å². The average Bonchev–Trinajstić information content (AvgIpc) is 3.41. The molecule has 0 amide bonds. The van der Waals surface area contributed by atoms with Gasteiger partial charge in [0.15, 0.2) is 0 Å². The zero-order valence-electron chi connectivity index (χ0n) is 17.9. The highest BCUT2D eigenvalue weighted by atomic mass is 32.1. The second-order valence-electron chi connectivity index (χ2n) is 8.21. The first kappa shape index (κ1) is 19.9. The second-order valence-corrected chi connectivity index (χ2v) is 9.21. The van der Waals surface area contributed by atoms with Crippen molar-refractivity contribution in [1.82, 2.24) is 30.4 Å². The molecule has 0 saturated carbocycles. The fourth-order valence-corrected chi connectivity index (χ4v) is 5.23. The molecule has 1 fully saturated rings. The van der Waals surface area contributed by atoms with Crippen LogP contribution in [-0.4, -0.2) is 51.2 Å². The van der Waals surface area contributed by atoms with Gasteiger partial charge in [-0.15, -0.1) is 11.3 Å². The first-order chi connectivity index (χ1) is 15.1. The topological polar surface area (TPSA) is 69.7 Å². The molecule has 0 radical (unpaired) electrons. The van der Waals surface area contributed by atoms with E-state index in [0.29, 0.717) is 6.04 Å². The summed E-state index contributed by atoms with van der Waals surface area (Å²) in [7, 11) is 2.18. The molecule has 4 aromatic rings. The van der Waals surface area contributed by atoms with Crippen molar-refractivity contribution in [3.63, 3.8) is 0 Å². The number of nitrogens with one attached hydrogen (secondary N) is 2. The van der Waals surface area contributed by atoms with Crippen LogP contribution < -0.4 is 5.32 Å². The van der Waals surface area contributed by atoms with Crippen molar-refractivity contribution in [3.8, 4) is 21.1 Å². The minimum atomic E-state index is 0.422. The number of fused-ring (bicyclic) bond motifs is 1. The van der Waals surface area contributed by atoms with E-state index in [9.17, 15) is 0 Å². The van der Waals surface area contributed by atoms with Crippen LogP contribution in [0.25, 0.3) is 37.7 Å². The van der Waals surface area contributed by atoms with Crippen molar-refractivity contribution in [2.45, 2.75) is 25.8 Å². The van der Waals surface area contributed by atoms with E-state index in [1.165, 1.54) is 0 Å². The number of nitrogens with zero attached hydrogens (tertiary/aromatic N) is 4. The van der Waals surface area contributed by atoms with Crippen molar-refractivity contribution in [2.24, 2.45) is 0 Å². The minimum absolute atomic E-state index is 0.422. The molecule has 0 unspecified atom stereocenters. The maximum atomic E-state index is 5.04. The predicted octanol–water partition coefficient (Wildman–Crippen LogP) is 4.71. The van der Waals surface area contributed by atoms with Gasteiger partial charge >= 0.3 is 0 Å². The van der Waals surface area contributed by atoms with Gasteiger partial charge in [-0.2, -0.15) is 5.10 Å². The highest BCUT2D eigenvalue weighted by Crippen LogP contribution is 2.39. The smallest absolute Gasteiger partial charge is 0.143 e. The molecule has 0 atom stereocenters. The SMILES string of the molecule is C=C(NC1CCN(C)CC1)c1nc(-c2[nH]nc3c(C)cccc23)sc1-c1cccnc1. The Hall–Kier alpha value is -3.03. The fourth-order valence-electron chi connectivity index (χ4n) is 4.14. The number of hydrogen-bond donors (Lipinski definition) is 2. The van der Waals surface area contributed by atoms with Crippen LogP contribution in [-0.2, 0) is 0 Å². The Bertz CT molecular complexity index is 1220. The molecule has 0 aliphatic carbocycles. The fraction of sp³-hybridized carbons (Fsp3) is 0.292. The molecule has 7 heteroatoms. The van der Waals surface area contributed by atoms with Gasteiger partial charge in [-0.05, 0) is 51.5 Å². The molecule has 6 nitrogen and oxygen atoms in total. The van der Waals surface area contributed by atoms with E-state index in [1.807, 2.05) is 12.3 Å². The lowest BCUT2D eigenvalue weighted by Gasteiger charge is -2.30. The predicted molar refractivity (Wildman–Crippen MR) is 128 cm³/mol. The van der Waals surface area contributed by atoms with Crippen LogP contribution in [0.3, 0.4) is 0 Å². The van der Waals surface area contributed by atoms with Gasteiger partial charge in [-0.1, -0.05) is 30.8 Å². The molecular weight excluding hydrogens is 404 g/mol. The van der Waals surface area contributed by atoms with Gasteiger partial charge in [0.25, 0.3) is 0 Å². The highest BCUT2D eigenvalue weighted by molar-refractivity contribution is 7.18. The molecule has 31 heavy (non-hydrogen) atoms. The van der Waals surface area contributed by atoms with Gasteiger partial charge < -0.3 is 10.2 Å². The first-order valence-electron chi connectivity index (χ1n) is 10.6. The summed E-state index contributed by atoms with van der Waals surface area (Å²) in [6.07, 6.45) is 5.90. The summed E-state index contributed by atoms with van der Waals surface area (Å²) in [6, 6.07) is 10.7. The number of H-pyrrole nitrogens is 1. The molecule has 1 saturated heterocycles. The maximum Gasteiger partial charge on any atom is 0.143 e. The number of aryl methyl sites for hydroxylation is 1. The monoisotopic (exact) mass is 430 g/mol. The van der Waals surface area contributed by atoms with Gasteiger partial charge in [0.1, 0.15) is 16.4 Å². The molecule has 0 spiro atoms. The standard InChI is InChI=1S/C24H26N6S/c1-15-6-4-8-19-20(15)28-29-22(19)24-27-21(23(31-24)17-7-5-11-25-14-17)16(2)26-18-9-12-30(3)13-10-18/h4-8,11,14,18,26H,2,9-10,12-13H2,1,3H3,(H,28,29). The van der Waals surface area contributed by atoms with Crippen molar-refractivity contribution in [2.75, 3.05) is 20.1 Å². The zero-order chi connectivity index (χ0) is 21.4. The third-order valence-electron chi connectivity index (χ3n) is 5.93. The molecular formula is C24H26N6S. The van der Waals surface area contributed by atoms with Crippen molar-refractivity contribution in [3.05, 3.63) is 60.6 Å². The normalized spacial score (nSPS) is 15.4. The Morgan fingerprint density at radius 3 is 2.84 bits per heavy atom. The summed E-state index contributed by atoms with van der Waals surface area (Å²) in [5, 5.41) is 13.4. The molecule has 1 aromatic carbocycles. The third-order valence-corrected chi connectivity index (χ3v) is 7.06. The number of benzene rings is 1. The van der Waals surface area contributed by atoms with Gasteiger partial charge in [-0.3, -0.25) is 10.1 Å². The number of likely N-dealkylation sites (tertiary alicyclic amines) is 1. The number of rotatable bonds is 5. The molecule has 1 aliphatic rings. The van der Waals surface area contributed by atoms with E-state index in [-0.39, 0.29) is 0 Å². The largest absolute Gasteiger partial charge is 0.381 e. The maximum absolute atomic E-state index is 5.04. The van der Waals surface area contributed by atoms with Crippen LogP contribution >= 0.6 is 11.3 Å². The number of para-hydroxylation sites is 1. The number of thiazole rings is 1. The van der Waals surface area contributed by atoms with Gasteiger partial charge in [0, 0.05) is 29.4 Å². The van der Waals surface area contributed by atoms with Gasteiger partial charge in [0.05, 0.1) is 16.1 Å². The Morgan fingerprint density at radius 2 is 2.06 bits per heavy atom. The molecule has 0 bridgehead atoms. The van der Waals surface area contributed by atoms with Crippen molar-refractivity contribution < 1.29 is 0 Å². The van der Waals surface area contributed by atoms with Gasteiger partial charge in [0.2, 0.25) is 0 Å². The third kappa shape index (κ3) is 3.86. The first-order valence-corrected chi connectivity index (χ1v) is 11.4. The minimum Gasteiger partial charge on any atom is -0.381 e. The molecule has 3 aromatic heterocycles. The summed E-state index contributed by atoms with van der Waals surface area (Å²) in [6.45, 7) is 8.65. The lowest BCUT2D eigenvalue weighted by molar-refractivity contribution is 0.245. The lowest BCUT2D eigenvalue weighted by atomic mass is 10.0. The van der Waals surface area contributed by atoms with Crippen LogP contribution in [0.1, 0.15) is 24.1 Å². The molecule has 5 rings (SSSR count). The summed E-state index contributed by atoms with van der Waals surface area (Å²) >= 11 is 1.65. The van der Waals surface area contributed by atoms with Crippen LogP contribution in [0.5, 0.6) is 0 Å². The lowest BCUT2D eigenvalue weighted by Crippen LogP contribution is -2.40. The number of pyridine rings is 1. The molecule has 1 aliphatic heterocycles. The summed E-state index contributed by atoms with van der Waals surface area (Å²) < 4.78 is 0. The second kappa shape index (κ2) is 8.24. The summed E-state index contributed by atoms with van der Waals surface area (Å²) in [4.78, 5) is 12.8. The molecule has 4 heterocycles. The highest BCUT2D eigenvalue weighted by Gasteiger charge is 2.22. The zero-order valence-corrected chi connectivity index (χ0v) is 18.7. The van der Waals surface area contributed by atoms with Crippen LogP contribution in [0.15, 0.2) is 49.3 Å². The van der Waals surface area contributed by atoms with Crippen molar-refractivity contribution in [1.29, 1.82) is 0 Å². The quantitative estimate of drug-likeness (QED) is 0.480. The number of aromatic nitrogens is 4. The van der Waals surface area contributed by atoms with E-state index in [4.69, 9.17) is 4.98 Å². The van der Waals surface area contributed by atoms with Crippen LogP contribution in [0.4, 0.5) is 0 Å². The van der Waals surface area contributed by atoms with E-state index < -0.39 is 0 Å².